The number of halogens is 1. The summed E-state index contributed by atoms with van der Waals surface area (Å²) in [6.45, 7) is 1.42. The monoisotopic (exact) mass is 328 g/mol. The molecule has 1 saturated heterocycles. The molecule has 126 valence electrons. The molecule has 0 aliphatic carbocycles. The zero-order chi connectivity index (χ0) is 16.9. The Morgan fingerprint density at radius 1 is 1.25 bits per heavy atom. The number of carbonyl (C=O) groups excluding carboxylic acids is 1. The van der Waals surface area contributed by atoms with Gasteiger partial charge in [0.15, 0.2) is 0 Å². The van der Waals surface area contributed by atoms with Gasteiger partial charge in [-0.2, -0.15) is 0 Å². The third kappa shape index (κ3) is 3.91. The molecule has 0 bridgehead atoms. The fourth-order valence-electron chi connectivity index (χ4n) is 3.27. The number of likely N-dealkylation sites (tertiary alicyclic amines) is 1. The van der Waals surface area contributed by atoms with Crippen molar-refractivity contribution >= 4 is 5.91 Å². The lowest BCUT2D eigenvalue weighted by molar-refractivity contribution is 0.0667. The molecule has 1 atom stereocenters. The van der Waals surface area contributed by atoms with Crippen LogP contribution in [0.5, 0.6) is 0 Å². The highest BCUT2D eigenvalue weighted by Crippen LogP contribution is 2.23. The van der Waals surface area contributed by atoms with E-state index in [1.165, 1.54) is 18.3 Å². The summed E-state index contributed by atoms with van der Waals surface area (Å²) in [5.74, 6) is 0.168. The molecule has 0 saturated carbocycles. The predicted octanol–water partition coefficient (Wildman–Crippen LogP) is 3.00. The first-order valence-corrected chi connectivity index (χ1v) is 8.35. The molecule has 1 N–H and O–H groups in total. The quantitative estimate of drug-likeness (QED) is 0.938. The normalized spacial score (nSPS) is 17.7. The third-order valence-electron chi connectivity index (χ3n) is 4.62. The van der Waals surface area contributed by atoms with E-state index in [-0.39, 0.29) is 17.3 Å². The highest BCUT2D eigenvalue weighted by Gasteiger charge is 2.24. The van der Waals surface area contributed by atoms with Crippen LogP contribution in [0.1, 0.15) is 35.2 Å². The second-order valence-electron chi connectivity index (χ2n) is 6.33. The van der Waals surface area contributed by atoms with Gasteiger partial charge < -0.3 is 9.88 Å². The number of H-pyrrole nitrogens is 1. The fourth-order valence-corrected chi connectivity index (χ4v) is 3.27. The van der Waals surface area contributed by atoms with Gasteiger partial charge in [-0.3, -0.25) is 9.59 Å². The van der Waals surface area contributed by atoms with Crippen LogP contribution in [-0.2, 0) is 6.42 Å². The number of piperidine rings is 1. The van der Waals surface area contributed by atoms with E-state index in [9.17, 15) is 14.0 Å². The van der Waals surface area contributed by atoms with E-state index in [4.69, 9.17) is 0 Å². The summed E-state index contributed by atoms with van der Waals surface area (Å²) in [6, 6.07) is 9.79. The maximum absolute atomic E-state index is 13.7. The van der Waals surface area contributed by atoms with E-state index in [1.54, 1.807) is 12.1 Å². The average Bonchev–Trinajstić information content (AvgIpc) is 2.61. The Morgan fingerprint density at radius 3 is 2.83 bits per heavy atom. The Bertz CT molecular complexity index is 751. The molecule has 0 spiro atoms. The molecule has 5 heteroatoms. The molecule has 1 aliphatic rings. The minimum Gasteiger partial charge on any atom is -0.338 e. The van der Waals surface area contributed by atoms with Gasteiger partial charge in [0, 0.05) is 25.4 Å². The molecule has 1 amide bonds. The molecule has 1 aromatic heterocycles. The Balaban J connectivity index is 1.60. The molecule has 3 rings (SSSR count). The molecule has 0 radical (unpaired) electrons. The Morgan fingerprint density at radius 2 is 2.08 bits per heavy atom. The van der Waals surface area contributed by atoms with Crippen molar-refractivity contribution < 1.29 is 9.18 Å². The van der Waals surface area contributed by atoms with Gasteiger partial charge in [-0.05, 0) is 49.3 Å². The van der Waals surface area contributed by atoms with Crippen LogP contribution in [0.25, 0.3) is 0 Å². The number of rotatable bonds is 4. The van der Waals surface area contributed by atoms with Gasteiger partial charge >= 0.3 is 0 Å². The first-order chi connectivity index (χ1) is 11.6. The summed E-state index contributed by atoms with van der Waals surface area (Å²) < 4.78 is 13.7. The molecule has 2 aromatic rings. The second-order valence-corrected chi connectivity index (χ2v) is 6.33. The van der Waals surface area contributed by atoms with Gasteiger partial charge in [-0.15, -0.1) is 0 Å². The summed E-state index contributed by atoms with van der Waals surface area (Å²) >= 11 is 0. The third-order valence-corrected chi connectivity index (χ3v) is 4.62. The molecule has 24 heavy (non-hydrogen) atoms. The minimum atomic E-state index is -0.215. The number of nitrogens with zero attached hydrogens (tertiary/aromatic N) is 1. The van der Waals surface area contributed by atoms with Crippen molar-refractivity contribution in [2.75, 3.05) is 13.1 Å². The molecular weight excluding hydrogens is 307 g/mol. The average molecular weight is 328 g/mol. The maximum Gasteiger partial charge on any atom is 0.255 e. The van der Waals surface area contributed by atoms with Gasteiger partial charge in [-0.25, -0.2) is 4.39 Å². The lowest BCUT2D eigenvalue weighted by Crippen LogP contribution is -2.40. The summed E-state index contributed by atoms with van der Waals surface area (Å²) in [4.78, 5) is 28.0. The molecule has 4 nitrogen and oxygen atoms in total. The van der Waals surface area contributed by atoms with Crippen LogP contribution in [0.4, 0.5) is 4.39 Å². The number of hydrogen-bond acceptors (Lipinski definition) is 2. The molecule has 2 heterocycles. The number of aromatic amines is 1. The van der Waals surface area contributed by atoms with Gasteiger partial charge in [0.2, 0.25) is 5.56 Å². The van der Waals surface area contributed by atoms with Crippen molar-refractivity contribution in [2.24, 2.45) is 5.92 Å². The summed E-state index contributed by atoms with van der Waals surface area (Å²) in [6.07, 6.45) is 5.04. The molecule has 0 unspecified atom stereocenters. The first-order valence-electron chi connectivity index (χ1n) is 8.35. The Hall–Kier alpha value is -2.43. The van der Waals surface area contributed by atoms with Crippen LogP contribution in [0.15, 0.2) is 47.4 Å². The van der Waals surface area contributed by atoms with Gasteiger partial charge in [0.05, 0.1) is 5.56 Å². The Labute approximate surface area is 140 Å². The zero-order valence-electron chi connectivity index (χ0n) is 13.5. The van der Waals surface area contributed by atoms with Crippen molar-refractivity contribution in [3.8, 4) is 0 Å². The first kappa shape index (κ1) is 16.4. The van der Waals surface area contributed by atoms with Gasteiger partial charge in [0.25, 0.3) is 5.91 Å². The van der Waals surface area contributed by atoms with Crippen molar-refractivity contribution in [3.05, 3.63) is 69.9 Å². The molecular formula is C19H21FN2O2. The smallest absolute Gasteiger partial charge is 0.255 e. The number of nitrogens with one attached hydrogen (secondary N) is 1. The Kier molecular flexibility index (Phi) is 5.08. The highest BCUT2D eigenvalue weighted by molar-refractivity contribution is 5.93. The van der Waals surface area contributed by atoms with E-state index in [0.717, 1.165) is 31.4 Å². The predicted molar refractivity (Wildman–Crippen MR) is 90.4 cm³/mol. The number of carbonyl (C=O) groups is 1. The van der Waals surface area contributed by atoms with Crippen LogP contribution in [-0.4, -0.2) is 28.9 Å². The van der Waals surface area contributed by atoms with Crippen molar-refractivity contribution in [3.63, 3.8) is 0 Å². The lowest BCUT2D eigenvalue weighted by Gasteiger charge is -2.33. The molecule has 1 aliphatic heterocycles. The van der Waals surface area contributed by atoms with Crippen molar-refractivity contribution in [2.45, 2.75) is 25.7 Å². The van der Waals surface area contributed by atoms with Crippen molar-refractivity contribution in [1.82, 2.24) is 9.88 Å². The largest absolute Gasteiger partial charge is 0.338 e. The lowest BCUT2D eigenvalue weighted by atomic mass is 9.91. The van der Waals surface area contributed by atoms with E-state index < -0.39 is 0 Å². The summed E-state index contributed by atoms with van der Waals surface area (Å²) in [5, 5.41) is 0. The standard InChI is InChI=1S/C19H21FN2O2/c20-17-6-2-1-5-15(17)8-7-14-4-3-11-22(13-14)19(24)16-9-10-18(23)21-12-16/h1-2,5-6,9-10,12,14H,3-4,7-8,11,13H2,(H,21,23)/t14-/m0/s1. The van der Waals surface area contributed by atoms with Crippen LogP contribution in [0.2, 0.25) is 0 Å². The van der Waals surface area contributed by atoms with Crippen LogP contribution in [0.3, 0.4) is 0 Å². The molecule has 1 fully saturated rings. The van der Waals surface area contributed by atoms with Crippen LogP contribution < -0.4 is 5.56 Å². The maximum atomic E-state index is 13.7. The SMILES string of the molecule is O=C(c1ccc(=O)[nH]c1)N1CCC[C@@H](CCc2ccccc2F)C1. The number of benzene rings is 1. The van der Waals surface area contributed by atoms with Crippen molar-refractivity contribution in [1.29, 1.82) is 0 Å². The van der Waals surface area contributed by atoms with E-state index in [2.05, 4.69) is 4.98 Å². The van der Waals surface area contributed by atoms with E-state index >= 15 is 0 Å². The minimum absolute atomic E-state index is 0.0539. The van der Waals surface area contributed by atoms with Gasteiger partial charge in [0.1, 0.15) is 5.82 Å². The molecule has 1 aromatic carbocycles. The van der Waals surface area contributed by atoms with E-state index in [0.29, 0.717) is 24.4 Å². The zero-order valence-corrected chi connectivity index (χ0v) is 13.5. The number of pyridine rings is 1. The number of amides is 1. The van der Waals surface area contributed by atoms with E-state index in [1.807, 2.05) is 17.0 Å². The summed E-state index contributed by atoms with van der Waals surface area (Å²) in [7, 11) is 0. The van der Waals surface area contributed by atoms with Crippen LogP contribution in [0, 0.1) is 11.7 Å². The topological polar surface area (TPSA) is 53.2 Å². The number of aryl methyl sites for hydroxylation is 1. The highest BCUT2D eigenvalue weighted by atomic mass is 19.1. The van der Waals surface area contributed by atoms with Gasteiger partial charge in [-0.1, -0.05) is 18.2 Å². The fraction of sp³-hybridized carbons (Fsp3) is 0.368. The number of aromatic nitrogens is 1. The van der Waals surface area contributed by atoms with Crippen LogP contribution >= 0.6 is 0 Å². The number of hydrogen-bond donors (Lipinski definition) is 1. The second kappa shape index (κ2) is 7.43. The summed E-state index contributed by atoms with van der Waals surface area (Å²) in [5.41, 5.74) is 1.03.